The predicted molar refractivity (Wildman–Crippen MR) is 64.9 cm³/mol. The minimum Gasteiger partial charge on any atom is -0.481 e. The van der Waals surface area contributed by atoms with Gasteiger partial charge in [0, 0.05) is 23.6 Å². The number of carboxylic acids is 1. The van der Waals surface area contributed by atoms with E-state index >= 15 is 0 Å². The van der Waals surface area contributed by atoms with Gasteiger partial charge in [-0.2, -0.15) is 0 Å². The van der Waals surface area contributed by atoms with Gasteiger partial charge in [-0.1, -0.05) is 12.1 Å². The molecule has 0 bridgehead atoms. The van der Waals surface area contributed by atoms with Crippen molar-refractivity contribution in [3.63, 3.8) is 0 Å². The quantitative estimate of drug-likeness (QED) is 0.791. The molecule has 0 unspecified atom stereocenters. The van der Waals surface area contributed by atoms with Crippen LogP contribution in [0.4, 0.5) is 5.69 Å². The molecule has 0 atom stereocenters. The van der Waals surface area contributed by atoms with Crippen LogP contribution < -0.4 is 4.48 Å². The number of fused-ring (bicyclic) bond motifs is 1. The highest BCUT2D eigenvalue weighted by atomic mass is 16.4. The van der Waals surface area contributed by atoms with E-state index in [1.807, 2.05) is 12.1 Å². The molecular formula is C13H16NO2+. The third kappa shape index (κ3) is 1.86. The number of benzene rings is 1. The molecule has 1 aliphatic rings. The molecule has 84 valence electrons. The molecule has 1 N–H and O–H groups in total. The molecule has 1 aromatic carbocycles. The predicted octanol–water partition coefficient (Wildman–Crippen LogP) is 2.47. The fourth-order valence-corrected chi connectivity index (χ4v) is 2.22. The van der Waals surface area contributed by atoms with E-state index in [0.717, 1.165) is 5.57 Å². The maximum absolute atomic E-state index is 10.6. The zero-order valence-corrected chi connectivity index (χ0v) is 9.60. The molecule has 1 heterocycles. The summed E-state index contributed by atoms with van der Waals surface area (Å²) >= 11 is 0. The summed E-state index contributed by atoms with van der Waals surface area (Å²) in [6.07, 6.45) is 2.93. The van der Waals surface area contributed by atoms with Gasteiger partial charge in [0.1, 0.15) is 11.9 Å². The van der Waals surface area contributed by atoms with Gasteiger partial charge >= 0.3 is 5.97 Å². The van der Waals surface area contributed by atoms with E-state index in [0.29, 0.717) is 10.9 Å². The van der Waals surface area contributed by atoms with Crippen LogP contribution in [0.15, 0.2) is 30.5 Å². The Morgan fingerprint density at radius 3 is 2.69 bits per heavy atom. The molecule has 1 aromatic rings. The topological polar surface area (TPSA) is 37.3 Å². The molecule has 0 saturated heterocycles. The second-order valence-electron chi connectivity index (χ2n) is 4.61. The zero-order chi connectivity index (χ0) is 11.8. The first-order chi connectivity index (χ1) is 7.50. The highest BCUT2D eigenvalue weighted by Gasteiger charge is 2.30. The second kappa shape index (κ2) is 3.76. The summed E-state index contributed by atoms with van der Waals surface area (Å²) in [5.41, 5.74) is 3.57. The lowest BCUT2D eigenvalue weighted by Gasteiger charge is -2.20. The Morgan fingerprint density at radius 1 is 1.31 bits per heavy atom. The maximum Gasteiger partial charge on any atom is 0.303 e. The Hall–Kier alpha value is -1.61. The number of hydrogen-bond acceptors (Lipinski definition) is 1. The number of allylic oxidation sites excluding steroid dienone is 1. The van der Waals surface area contributed by atoms with E-state index < -0.39 is 5.97 Å². The van der Waals surface area contributed by atoms with E-state index in [1.54, 1.807) is 0 Å². The van der Waals surface area contributed by atoms with Crippen molar-refractivity contribution in [2.24, 2.45) is 0 Å². The van der Waals surface area contributed by atoms with Crippen molar-refractivity contribution in [2.75, 3.05) is 14.1 Å². The number of rotatable bonds is 3. The number of quaternary nitrogens is 1. The lowest BCUT2D eigenvalue weighted by molar-refractivity contribution is -0.136. The molecule has 0 radical (unpaired) electrons. The number of carboxylic acid groups (broad SMARTS) is 1. The molecule has 2 rings (SSSR count). The number of nitrogens with zero attached hydrogens (tertiary/aromatic N) is 1. The third-order valence-corrected chi connectivity index (χ3v) is 2.96. The summed E-state index contributed by atoms with van der Waals surface area (Å²) in [5, 5.41) is 8.72. The summed E-state index contributed by atoms with van der Waals surface area (Å²) in [5.74, 6) is -0.740. The number of para-hydroxylation sites is 1. The van der Waals surface area contributed by atoms with Crippen molar-refractivity contribution in [3.05, 3.63) is 36.0 Å². The zero-order valence-electron chi connectivity index (χ0n) is 9.60. The van der Waals surface area contributed by atoms with Gasteiger partial charge in [-0.3, -0.25) is 9.28 Å². The van der Waals surface area contributed by atoms with Crippen LogP contribution in [0.3, 0.4) is 0 Å². The minimum atomic E-state index is -0.740. The fourth-order valence-electron chi connectivity index (χ4n) is 2.22. The lowest BCUT2D eigenvalue weighted by atomic mass is 10.0. The van der Waals surface area contributed by atoms with E-state index in [1.165, 1.54) is 11.3 Å². The van der Waals surface area contributed by atoms with Crippen LogP contribution in [-0.4, -0.2) is 25.2 Å². The van der Waals surface area contributed by atoms with E-state index in [-0.39, 0.29) is 6.42 Å². The summed E-state index contributed by atoms with van der Waals surface area (Å²) in [7, 11) is 4.21. The van der Waals surface area contributed by atoms with Gasteiger partial charge in [-0.15, -0.1) is 0 Å². The Balaban J connectivity index is 2.31. The molecule has 3 nitrogen and oxygen atoms in total. The third-order valence-electron chi connectivity index (χ3n) is 2.96. The highest BCUT2D eigenvalue weighted by molar-refractivity contribution is 5.83. The Labute approximate surface area is 95.2 Å². The average Bonchev–Trinajstić information content (AvgIpc) is 2.49. The van der Waals surface area contributed by atoms with Gasteiger partial charge in [0.25, 0.3) is 0 Å². The SMILES string of the molecule is C[N+]1(C)C=C(CCC(=O)O)c2ccccc21. The lowest BCUT2D eigenvalue weighted by Crippen LogP contribution is -2.31. The van der Waals surface area contributed by atoms with Crippen LogP contribution >= 0.6 is 0 Å². The number of hydrogen-bond donors (Lipinski definition) is 1. The van der Waals surface area contributed by atoms with Crippen LogP contribution in [0.1, 0.15) is 18.4 Å². The van der Waals surface area contributed by atoms with Crippen molar-refractivity contribution >= 4 is 17.2 Å². The van der Waals surface area contributed by atoms with Crippen LogP contribution in [0.2, 0.25) is 0 Å². The first kappa shape index (κ1) is 10.9. The summed E-state index contributed by atoms with van der Waals surface area (Å²) in [6.45, 7) is 0. The largest absolute Gasteiger partial charge is 0.481 e. The first-order valence-electron chi connectivity index (χ1n) is 5.38. The van der Waals surface area contributed by atoms with Crippen LogP contribution in [-0.2, 0) is 4.79 Å². The molecule has 0 aromatic heterocycles. The van der Waals surface area contributed by atoms with E-state index in [2.05, 4.69) is 32.4 Å². The van der Waals surface area contributed by atoms with Crippen LogP contribution in [0.5, 0.6) is 0 Å². The first-order valence-corrected chi connectivity index (χ1v) is 5.38. The highest BCUT2D eigenvalue weighted by Crippen LogP contribution is 2.39. The summed E-state index contributed by atoms with van der Waals surface area (Å²) in [4.78, 5) is 10.6. The molecule has 0 aliphatic carbocycles. The van der Waals surface area contributed by atoms with Crippen molar-refractivity contribution in [1.29, 1.82) is 0 Å². The van der Waals surface area contributed by atoms with Gasteiger partial charge < -0.3 is 5.11 Å². The summed E-state index contributed by atoms with van der Waals surface area (Å²) < 4.78 is 0.700. The normalized spacial score (nSPS) is 16.8. The standard InChI is InChI=1S/C13H15NO2/c1-14(2)9-10(7-8-13(15)16)11-5-3-4-6-12(11)14/h3-6,9H,7-8H2,1-2H3/p+1. The Kier molecular flexibility index (Phi) is 2.56. The molecular weight excluding hydrogens is 202 g/mol. The van der Waals surface area contributed by atoms with E-state index in [9.17, 15) is 4.79 Å². The van der Waals surface area contributed by atoms with Gasteiger partial charge in [-0.25, -0.2) is 0 Å². The second-order valence-corrected chi connectivity index (χ2v) is 4.61. The maximum atomic E-state index is 10.6. The Bertz CT molecular complexity index is 461. The van der Waals surface area contributed by atoms with Crippen LogP contribution in [0, 0.1) is 0 Å². The van der Waals surface area contributed by atoms with Crippen molar-refractivity contribution < 1.29 is 9.90 Å². The molecule has 16 heavy (non-hydrogen) atoms. The van der Waals surface area contributed by atoms with Crippen molar-refractivity contribution in [1.82, 2.24) is 4.48 Å². The molecule has 0 spiro atoms. The number of aliphatic carboxylic acids is 1. The fraction of sp³-hybridized carbons (Fsp3) is 0.308. The molecule has 3 heteroatoms. The van der Waals surface area contributed by atoms with Gasteiger partial charge in [-0.05, 0) is 12.5 Å². The molecule has 0 amide bonds. The minimum absolute atomic E-state index is 0.195. The summed E-state index contributed by atoms with van der Waals surface area (Å²) in [6, 6.07) is 8.18. The average molecular weight is 218 g/mol. The van der Waals surface area contributed by atoms with E-state index in [4.69, 9.17) is 5.11 Å². The van der Waals surface area contributed by atoms with Crippen LogP contribution in [0.25, 0.3) is 5.57 Å². The monoisotopic (exact) mass is 218 g/mol. The van der Waals surface area contributed by atoms with Gasteiger partial charge in [0.15, 0.2) is 0 Å². The van der Waals surface area contributed by atoms with Gasteiger partial charge in [0.2, 0.25) is 0 Å². The van der Waals surface area contributed by atoms with Crippen molar-refractivity contribution in [2.45, 2.75) is 12.8 Å². The van der Waals surface area contributed by atoms with Gasteiger partial charge in [0.05, 0.1) is 14.1 Å². The smallest absolute Gasteiger partial charge is 0.303 e. The number of carbonyl (C=O) groups is 1. The van der Waals surface area contributed by atoms with Crippen molar-refractivity contribution in [3.8, 4) is 0 Å². The molecule has 0 saturated carbocycles. The molecule has 1 aliphatic heterocycles. The Morgan fingerprint density at radius 2 is 2.00 bits per heavy atom. The molecule has 0 fully saturated rings.